The van der Waals surface area contributed by atoms with Crippen molar-refractivity contribution < 1.29 is 26.7 Å². The van der Waals surface area contributed by atoms with Crippen molar-refractivity contribution in [2.24, 2.45) is 5.73 Å². The van der Waals surface area contributed by atoms with E-state index in [1.807, 2.05) is 0 Å². The maximum atomic E-state index is 12.5. The van der Waals surface area contributed by atoms with Crippen LogP contribution in [0.15, 0.2) is 23.1 Å². The summed E-state index contributed by atoms with van der Waals surface area (Å²) in [5.41, 5.74) is 0.828. The number of nitrogens with one attached hydrogen (secondary N) is 1. The minimum atomic E-state index is -4.58. The van der Waals surface area contributed by atoms with Gasteiger partial charge in [0.05, 0.1) is 0 Å². The summed E-state index contributed by atoms with van der Waals surface area (Å²) in [4.78, 5) is 0.928. The number of nitrogens with zero attached hydrogens (tertiary/aromatic N) is 1. The van der Waals surface area contributed by atoms with Crippen molar-refractivity contribution in [3.63, 3.8) is 0 Å². The summed E-state index contributed by atoms with van der Waals surface area (Å²) in [5.74, 6) is -0.697. The smallest absolute Gasteiger partial charge is 0.435 e. The molecule has 0 amide bonds. The fourth-order valence-corrected chi connectivity index (χ4v) is 2.09. The van der Waals surface area contributed by atoms with E-state index in [-0.39, 0.29) is 28.7 Å². The van der Waals surface area contributed by atoms with Crippen LogP contribution in [0, 0.1) is 5.41 Å². The van der Waals surface area contributed by atoms with Crippen LogP contribution < -0.4 is 10.5 Å². The van der Waals surface area contributed by atoms with E-state index in [1.165, 1.54) is 18.0 Å². The van der Waals surface area contributed by atoms with Gasteiger partial charge in [0.2, 0.25) is 0 Å². The summed E-state index contributed by atoms with van der Waals surface area (Å²) >= 11 is -0.441. The Hall–Kier alpha value is -1.71. The maximum Gasteiger partial charge on any atom is 0.446 e. The lowest BCUT2D eigenvalue weighted by Gasteiger charge is -2.19. The van der Waals surface area contributed by atoms with Gasteiger partial charge in [0.25, 0.3) is 0 Å². The van der Waals surface area contributed by atoms with Gasteiger partial charge < -0.3 is 15.4 Å². The number of hydrogen-bond donors (Lipinski definition) is 2. The predicted molar refractivity (Wildman–Crippen MR) is 68.4 cm³/mol. The van der Waals surface area contributed by atoms with Crippen LogP contribution in [0.25, 0.3) is 0 Å². The second kappa shape index (κ2) is 6.83. The number of guanidine groups is 1. The molecular weight excluding hydrogens is 317 g/mol. The van der Waals surface area contributed by atoms with Crippen LogP contribution in [0.3, 0.4) is 0 Å². The van der Waals surface area contributed by atoms with Crippen molar-refractivity contribution >= 4 is 17.7 Å². The minimum Gasteiger partial charge on any atom is -0.435 e. The number of ether oxygens (including phenoxy) is 1. The summed E-state index contributed by atoms with van der Waals surface area (Å²) in [6.45, 7) is -3.19. The third-order valence-corrected chi connectivity index (χ3v) is 3.14. The second-order valence-electron chi connectivity index (χ2n) is 3.94. The normalized spacial score (nSPS) is 11.6. The summed E-state index contributed by atoms with van der Waals surface area (Å²) in [6.07, 6.45) is 0. The van der Waals surface area contributed by atoms with Crippen molar-refractivity contribution in [1.29, 1.82) is 5.41 Å². The van der Waals surface area contributed by atoms with Crippen molar-refractivity contribution in [2.45, 2.75) is 23.6 Å². The topological polar surface area (TPSA) is 62.3 Å². The number of alkyl halides is 5. The Labute approximate surface area is 121 Å². The van der Waals surface area contributed by atoms with Crippen LogP contribution in [0.1, 0.15) is 5.56 Å². The highest BCUT2D eigenvalue weighted by atomic mass is 32.2. The third kappa shape index (κ3) is 6.06. The lowest BCUT2D eigenvalue weighted by molar-refractivity contribution is -0.0500. The number of thioether (sulfide) groups is 1. The summed E-state index contributed by atoms with van der Waals surface area (Å²) in [5, 5.41) is 7.19. The minimum absolute atomic E-state index is 0.0668. The van der Waals surface area contributed by atoms with E-state index in [0.29, 0.717) is 0 Å². The molecule has 0 aliphatic carbocycles. The first-order chi connectivity index (χ1) is 9.58. The van der Waals surface area contributed by atoms with Gasteiger partial charge >= 0.3 is 12.1 Å². The van der Waals surface area contributed by atoms with Crippen LogP contribution in [0.4, 0.5) is 22.0 Å². The molecule has 0 spiro atoms. The quantitative estimate of drug-likeness (QED) is 0.377. The van der Waals surface area contributed by atoms with E-state index >= 15 is 0 Å². The average Bonchev–Trinajstić information content (AvgIpc) is 2.29. The van der Waals surface area contributed by atoms with E-state index in [4.69, 9.17) is 11.1 Å². The van der Waals surface area contributed by atoms with Crippen LogP contribution >= 0.6 is 11.8 Å². The molecule has 0 atom stereocenters. The zero-order valence-corrected chi connectivity index (χ0v) is 11.6. The van der Waals surface area contributed by atoms with Gasteiger partial charge in [0.1, 0.15) is 5.75 Å². The number of rotatable bonds is 5. The zero-order chi connectivity index (χ0) is 16.2. The van der Waals surface area contributed by atoms with E-state index in [0.717, 1.165) is 12.1 Å². The Bertz CT molecular complexity index is 509. The van der Waals surface area contributed by atoms with Crippen molar-refractivity contribution in [3.05, 3.63) is 23.8 Å². The van der Waals surface area contributed by atoms with E-state index in [9.17, 15) is 22.0 Å². The molecule has 0 fully saturated rings. The van der Waals surface area contributed by atoms with Gasteiger partial charge in [-0.25, -0.2) is 0 Å². The largest absolute Gasteiger partial charge is 0.446 e. The van der Waals surface area contributed by atoms with E-state index in [2.05, 4.69) is 4.74 Å². The predicted octanol–water partition coefficient (Wildman–Crippen LogP) is 3.23. The number of hydrogen-bond acceptors (Lipinski definition) is 3. The van der Waals surface area contributed by atoms with Gasteiger partial charge in [-0.05, 0) is 29.5 Å². The molecular formula is C11H12F5N3OS. The molecule has 0 unspecified atom stereocenters. The molecule has 0 radical (unpaired) electrons. The van der Waals surface area contributed by atoms with E-state index in [1.54, 1.807) is 0 Å². The van der Waals surface area contributed by atoms with Crippen LogP contribution in [0.2, 0.25) is 0 Å². The molecule has 0 saturated heterocycles. The molecule has 0 saturated carbocycles. The lowest BCUT2D eigenvalue weighted by Crippen LogP contribution is -2.32. The number of nitrogens with two attached hydrogens (primary N) is 1. The molecule has 10 heteroatoms. The summed E-state index contributed by atoms with van der Waals surface area (Å²) in [7, 11) is 1.42. The Morgan fingerprint density at radius 2 is 2.05 bits per heavy atom. The van der Waals surface area contributed by atoms with E-state index < -0.39 is 23.9 Å². The molecule has 0 aliphatic heterocycles. The van der Waals surface area contributed by atoms with Crippen molar-refractivity contribution in [3.8, 4) is 5.75 Å². The van der Waals surface area contributed by atoms with Crippen molar-refractivity contribution in [1.82, 2.24) is 4.90 Å². The Kier molecular flexibility index (Phi) is 5.64. The standard InChI is InChI=1S/C11H12F5N3OS/c1-19(10(17)18)5-6-2-3-7(20-9(12)13)4-8(6)21-11(14,15)16/h2-4,9H,5H2,1H3,(H3,17,18). The summed E-state index contributed by atoms with van der Waals surface area (Å²) in [6, 6.07) is 3.24. The summed E-state index contributed by atoms with van der Waals surface area (Å²) < 4.78 is 65.8. The highest BCUT2D eigenvalue weighted by Gasteiger charge is 2.31. The lowest BCUT2D eigenvalue weighted by atomic mass is 10.2. The van der Waals surface area contributed by atoms with Gasteiger partial charge in [-0.3, -0.25) is 5.41 Å². The highest BCUT2D eigenvalue weighted by molar-refractivity contribution is 8.00. The zero-order valence-electron chi connectivity index (χ0n) is 10.7. The molecule has 118 valence electrons. The SMILES string of the molecule is CN(Cc1ccc(OC(F)F)cc1SC(F)(F)F)C(=N)N. The molecule has 4 nitrogen and oxygen atoms in total. The first-order valence-electron chi connectivity index (χ1n) is 5.47. The molecule has 1 aromatic carbocycles. The fraction of sp³-hybridized carbons (Fsp3) is 0.364. The molecule has 1 rings (SSSR count). The van der Waals surface area contributed by atoms with Gasteiger partial charge in [-0.1, -0.05) is 6.07 Å². The van der Waals surface area contributed by atoms with Gasteiger partial charge in [-0.2, -0.15) is 22.0 Å². The molecule has 0 aliphatic rings. The van der Waals surface area contributed by atoms with Crippen LogP contribution in [-0.2, 0) is 6.54 Å². The average molecular weight is 329 g/mol. The maximum absolute atomic E-state index is 12.5. The molecule has 21 heavy (non-hydrogen) atoms. The van der Waals surface area contributed by atoms with Gasteiger partial charge in [-0.15, -0.1) is 0 Å². The molecule has 0 bridgehead atoms. The number of halogens is 5. The highest BCUT2D eigenvalue weighted by Crippen LogP contribution is 2.40. The second-order valence-corrected chi connectivity index (χ2v) is 5.04. The van der Waals surface area contributed by atoms with Gasteiger partial charge in [0.15, 0.2) is 5.96 Å². The Morgan fingerprint density at radius 3 is 2.52 bits per heavy atom. The first-order valence-corrected chi connectivity index (χ1v) is 6.29. The van der Waals surface area contributed by atoms with Gasteiger partial charge in [0, 0.05) is 18.5 Å². The number of benzene rings is 1. The van der Waals surface area contributed by atoms with Crippen LogP contribution in [-0.4, -0.2) is 30.0 Å². The third-order valence-electron chi connectivity index (χ3n) is 2.31. The van der Waals surface area contributed by atoms with Crippen LogP contribution in [0.5, 0.6) is 5.75 Å². The van der Waals surface area contributed by atoms with Crippen molar-refractivity contribution in [2.75, 3.05) is 7.05 Å². The Balaban J connectivity index is 3.07. The first kappa shape index (κ1) is 17.3. The molecule has 1 aromatic rings. The molecule has 3 N–H and O–H groups in total. The molecule has 0 heterocycles. The molecule has 0 aromatic heterocycles. The Morgan fingerprint density at radius 1 is 1.43 bits per heavy atom. The monoisotopic (exact) mass is 329 g/mol. The fourth-order valence-electron chi connectivity index (χ4n) is 1.40.